The van der Waals surface area contributed by atoms with Crippen LogP contribution in [0.3, 0.4) is 0 Å². The third kappa shape index (κ3) is 5.23. The van der Waals surface area contributed by atoms with E-state index in [4.69, 9.17) is 20.9 Å². The van der Waals surface area contributed by atoms with Crippen LogP contribution in [0.4, 0.5) is 8.78 Å². The molecular formula is C29H29ClF2N4O4. The van der Waals surface area contributed by atoms with Gasteiger partial charge in [-0.1, -0.05) is 35.3 Å². The first-order chi connectivity index (χ1) is 19.3. The summed E-state index contributed by atoms with van der Waals surface area (Å²) in [6.45, 7) is 1.93. The van der Waals surface area contributed by atoms with Crippen LogP contribution in [0, 0.1) is 17.6 Å². The minimum Gasteiger partial charge on any atom is -0.376 e. The van der Waals surface area contributed by atoms with E-state index >= 15 is 0 Å². The van der Waals surface area contributed by atoms with E-state index in [0.717, 1.165) is 37.1 Å². The fraction of sp³-hybridized carbons (Fsp3) is 0.414. The lowest BCUT2D eigenvalue weighted by Gasteiger charge is -2.47. The van der Waals surface area contributed by atoms with E-state index in [2.05, 4.69) is 20.7 Å². The summed E-state index contributed by atoms with van der Waals surface area (Å²) in [5.41, 5.74) is 0.125. The molecule has 2 amide bonds. The Morgan fingerprint density at radius 2 is 1.90 bits per heavy atom. The van der Waals surface area contributed by atoms with Crippen LogP contribution in [0.15, 0.2) is 53.1 Å². The average molecular weight is 571 g/mol. The fourth-order valence-corrected chi connectivity index (χ4v) is 5.86. The van der Waals surface area contributed by atoms with Crippen LogP contribution in [0.25, 0.3) is 11.3 Å². The van der Waals surface area contributed by atoms with Crippen LogP contribution in [0.5, 0.6) is 0 Å². The van der Waals surface area contributed by atoms with Crippen LogP contribution in [0.2, 0.25) is 5.02 Å². The van der Waals surface area contributed by atoms with E-state index in [9.17, 15) is 18.4 Å². The number of hydrogen-bond donors (Lipinski definition) is 2. The predicted octanol–water partition coefficient (Wildman–Crippen LogP) is 4.29. The summed E-state index contributed by atoms with van der Waals surface area (Å²) in [6.07, 6.45) is 3.97. The molecule has 3 heterocycles. The topological polar surface area (TPSA) is 96.7 Å². The van der Waals surface area contributed by atoms with E-state index < -0.39 is 35.0 Å². The fourth-order valence-electron chi connectivity index (χ4n) is 5.67. The SMILES string of the molecule is O=C(N[C@@H]1CCN(C2CCC2)C[C@H]1C(=O)NC1(c2cccc(Cl)c2)COC1)c1cc(-c2ccc(F)cc2F)on1. The standard InChI is InChI=1S/C29H29ClF2N4O4/c30-18-4-1-3-17(11-18)29(15-39-16-29)34-27(37)22-14-36(20-5-2-6-20)10-9-24(22)33-28(38)25-13-26(40-35-25)21-8-7-19(31)12-23(21)32/h1,3-4,7-8,11-13,20,22,24H,2,5-6,9-10,14-16H2,(H,33,38)(H,34,37)/t22-,24-/m1/s1. The number of nitrogens with one attached hydrogen (secondary N) is 2. The molecule has 40 heavy (non-hydrogen) atoms. The zero-order chi connectivity index (χ0) is 27.9. The number of hydrogen-bond acceptors (Lipinski definition) is 6. The van der Waals surface area contributed by atoms with Gasteiger partial charge in [0.25, 0.3) is 5.91 Å². The van der Waals surface area contributed by atoms with Gasteiger partial charge in [-0.3, -0.25) is 14.5 Å². The maximum Gasteiger partial charge on any atom is 0.273 e. The summed E-state index contributed by atoms with van der Waals surface area (Å²) >= 11 is 6.23. The molecule has 3 aromatic rings. The number of carbonyl (C=O) groups excluding carboxylic acids is 2. The van der Waals surface area contributed by atoms with Crippen molar-refractivity contribution >= 4 is 23.4 Å². The van der Waals surface area contributed by atoms with Crippen molar-refractivity contribution in [2.24, 2.45) is 5.92 Å². The molecular weight excluding hydrogens is 542 g/mol. The molecule has 0 bridgehead atoms. The number of likely N-dealkylation sites (tertiary alicyclic amines) is 1. The Bertz CT molecular complexity index is 1420. The van der Waals surface area contributed by atoms with Gasteiger partial charge in [0.1, 0.15) is 17.2 Å². The second-order valence-electron chi connectivity index (χ2n) is 10.8. The summed E-state index contributed by atoms with van der Waals surface area (Å²) in [5.74, 6) is -2.76. The Morgan fingerprint density at radius 3 is 2.58 bits per heavy atom. The Morgan fingerprint density at radius 1 is 1.07 bits per heavy atom. The van der Waals surface area contributed by atoms with Gasteiger partial charge in [0, 0.05) is 42.3 Å². The van der Waals surface area contributed by atoms with Gasteiger partial charge >= 0.3 is 0 Å². The molecule has 3 aliphatic rings. The molecule has 2 saturated heterocycles. The van der Waals surface area contributed by atoms with Crippen molar-refractivity contribution < 1.29 is 27.6 Å². The number of benzene rings is 2. The van der Waals surface area contributed by atoms with Crippen molar-refractivity contribution in [3.8, 4) is 11.3 Å². The van der Waals surface area contributed by atoms with Crippen molar-refractivity contribution in [1.29, 1.82) is 0 Å². The number of halogens is 3. The first kappa shape index (κ1) is 26.9. The molecule has 1 aliphatic carbocycles. The number of nitrogens with zero attached hydrogens (tertiary/aromatic N) is 2. The van der Waals surface area contributed by atoms with Crippen LogP contribution in [0.1, 0.15) is 41.7 Å². The van der Waals surface area contributed by atoms with Gasteiger partial charge in [0.15, 0.2) is 11.5 Å². The van der Waals surface area contributed by atoms with E-state index in [1.54, 1.807) is 6.07 Å². The Balaban J connectivity index is 1.20. The van der Waals surface area contributed by atoms with Crippen LogP contribution < -0.4 is 10.6 Å². The zero-order valence-electron chi connectivity index (χ0n) is 21.7. The smallest absolute Gasteiger partial charge is 0.273 e. The number of aromatic nitrogens is 1. The normalized spacial score (nSPS) is 22.7. The highest BCUT2D eigenvalue weighted by Gasteiger charge is 2.46. The Labute approximate surface area is 235 Å². The highest BCUT2D eigenvalue weighted by molar-refractivity contribution is 6.30. The highest BCUT2D eigenvalue weighted by atomic mass is 35.5. The quantitative estimate of drug-likeness (QED) is 0.440. The predicted molar refractivity (Wildman–Crippen MR) is 143 cm³/mol. The van der Waals surface area contributed by atoms with Crippen molar-refractivity contribution in [3.63, 3.8) is 0 Å². The van der Waals surface area contributed by atoms with Crippen LogP contribution >= 0.6 is 11.6 Å². The van der Waals surface area contributed by atoms with Crippen molar-refractivity contribution in [2.45, 2.75) is 43.3 Å². The molecule has 1 aromatic heterocycles. The third-order valence-electron chi connectivity index (χ3n) is 8.26. The molecule has 2 aromatic carbocycles. The summed E-state index contributed by atoms with van der Waals surface area (Å²) in [6, 6.07) is 11.7. The lowest BCUT2D eigenvalue weighted by atomic mass is 9.83. The van der Waals surface area contributed by atoms with Gasteiger partial charge in [0.2, 0.25) is 5.91 Å². The maximum absolute atomic E-state index is 14.2. The molecule has 11 heteroatoms. The summed E-state index contributed by atoms with van der Waals surface area (Å²) in [5, 5.41) is 10.5. The second-order valence-corrected chi connectivity index (χ2v) is 11.3. The summed E-state index contributed by atoms with van der Waals surface area (Å²) in [7, 11) is 0. The molecule has 2 aliphatic heterocycles. The van der Waals surface area contributed by atoms with Gasteiger partial charge in [-0.15, -0.1) is 0 Å². The molecule has 0 unspecified atom stereocenters. The molecule has 2 atom stereocenters. The van der Waals surface area contributed by atoms with Crippen molar-refractivity contribution in [3.05, 3.63) is 76.4 Å². The van der Waals surface area contributed by atoms with E-state index in [1.807, 2.05) is 18.2 Å². The Kier molecular flexibility index (Phi) is 7.33. The lowest BCUT2D eigenvalue weighted by Crippen LogP contribution is -2.64. The van der Waals surface area contributed by atoms with Crippen molar-refractivity contribution in [2.75, 3.05) is 26.3 Å². The largest absolute Gasteiger partial charge is 0.376 e. The highest BCUT2D eigenvalue weighted by Crippen LogP contribution is 2.34. The van der Waals surface area contributed by atoms with Gasteiger partial charge in [-0.2, -0.15) is 0 Å². The zero-order valence-corrected chi connectivity index (χ0v) is 22.4. The van der Waals surface area contributed by atoms with Crippen LogP contribution in [-0.2, 0) is 15.1 Å². The Hall–Kier alpha value is -3.34. The number of amides is 2. The maximum atomic E-state index is 14.2. The first-order valence-corrected chi connectivity index (χ1v) is 13.8. The van der Waals surface area contributed by atoms with Gasteiger partial charge in [-0.05, 0) is 49.1 Å². The minimum atomic E-state index is -0.822. The van der Waals surface area contributed by atoms with Crippen LogP contribution in [-0.4, -0.2) is 60.3 Å². The molecule has 2 N–H and O–H groups in total. The van der Waals surface area contributed by atoms with Gasteiger partial charge in [0.05, 0.1) is 24.7 Å². The number of rotatable bonds is 7. The molecule has 0 spiro atoms. The molecule has 1 saturated carbocycles. The molecule has 210 valence electrons. The van der Waals surface area contributed by atoms with E-state index in [-0.39, 0.29) is 22.9 Å². The second kappa shape index (κ2) is 10.9. The number of piperidine rings is 1. The summed E-state index contributed by atoms with van der Waals surface area (Å²) < 4.78 is 38.2. The monoisotopic (exact) mass is 570 g/mol. The average Bonchev–Trinajstić information content (AvgIpc) is 3.36. The summed E-state index contributed by atoms with van der Waals surface area (Å²) in [4.78, 5) is 29.4. The third-order valence-corrected chi connectivity index (χ3v) is 8.50. The van der Waals surface area contributed by atoms with Gasteiger partial charge < -0.3 is 19.9 Å². The van der Waals surface area contributed by atoms with Gasteiger partial charge in [-0.25, -0.2) is 8.78 Å². The van der Waals surface area contributed by atoms with E-state index in [0.29, 0.717) is 37.2 Å². The number of ether oxygens (including phenoxy) is 1. The molecule has 3 fully saturated rings. The molecule has 6 rings (SSSR count). The first-order valence-electron chi connectivity index (χ1n) is 13.4. The van der Waals surface area contributed by atoms with Crippen molar-refractivity contribution in [1.82, 2.24) is 20.7 Å². The molecule has 0 radical (unpaired) electrons. The lowest BCUT2D eigenvalue weighted by molar-refractivity contribution is -0.140. The van der Waals surface area contributed by atoms with E-state index in [1.165, 1.54) is 18.6 Å². The molecule has 8 nitrogen and oxygen atoms in total. The minimum absolute atomic E-state index is 0.00481. The number of carbonyl (C=O) groups is 2.